The van der Waals surface area contributed by atoms with Crippen molar-refractivity contribution in [2.75, 3.05) is 12.4 Å². The lowest BCUT2D eigenvalue weighted by atomic mass is 9.84. The van der Waals surface area contributed by atoms with Gasteiger partial charge in [-0.05, 0) is 48.6 Å². The zero-order valence-corrected chi connectivity index (χ0v) is 17.1. The van der Waals surface area contributed by atoms with Gasteiger partial charge in [-0.3, -0.25) is 4.79 Å². The van der Waals surface area contributed by atoms with Crippen molar-refractivity contribution in [3.05, 3.63) is 71.8 Å². The number of furan rings is 1. The van der Waals surface area contributed by atoms with Crippen LogP contribution in [-0.2, 0) is 0 Å². The van der Waals surface area contributed by atoms with Gasteiger partial charge in [-0.1, -0.05) is 49.6 Å². The molecule has 1 N–H and O–H groups in total. The van der Waals surface area contributed by atoms with E-state index in [1.165, 1.54) is 37.7 Å². The average molecular weight is 399 g/mol. The van der Waals surface area contributed by atoms with Gasteiger partial charge in [0.05, 0.1) is 12.8 Å². The Balaban J connectivity index is 1.41. The first-order valence-electron chi connectivity index (χ1n) is 10.6. The molecule has 0 atom stereocenters. The first kappa shape index (κ1) is 18.7. The van der Waals surface area contributed by atoms with Crippen LogP contribution in [0.25, 0.3) is 21.9 Å². The number of ether oxygens (including phenoxy) is 1. The number of hydrogen-bond acceptors (Lipinski definition) is 3. The molecule has 0 radical (unpaired) electrons. The lowest BCUT2D eigenvalue weighted by Gasteiger charge is -2.22. The van der Waals surface area contributed by atoms with Gasteiger partial charge in [0.1, 0.15) is 16.9 Å². The second-order valence-corrected chi connectivity index (χ2v) is 8.06. The maximum atomic E-state index is 12.9. The molecule has 1 saturated carbocycles. The van der Waals surface area contributed by atoms with E-state index < -0.39 is 0 Å². The Morgan fingerprint density at radius 2 is 1.70 bits per heavy atom. The Bertz CT molecular complexity index is 1200. The summed E-state index contributed by atoms with van der Waals surface area (Å²) in [6.07, 6.45) is 6.45. The molecule has 0 bridgehead atoms. The number of benzene rings is 3. The Morgan fingerprint density at radius 1 is 0.933 bits per heavy atom. The Morgan fingerprint density at radius 3 is 2.47 bits per heavy atom. The van der Waals surface area contributed by atoms with Crippen molar-refractivity contribution in [2.45, 2.75) is 38.0 Å². The second-order valence-electron chi connectivity index (χ2n) is 8.06. The highest BCUT2D eigenvalue weighted by atomic mass is 16.5. The standard InChI is InChI=1S/C26H25NO3/c1-29-25-15-21-20-9-5-6-10-23(20)30-24(21)16-22(25)27-26(28)19-13-11-18(12-14-19)17-7-3-2-4-8-17/h5-6,9-17H,2-4,7-8H2,1H3,(H,27,28). The molecular formula is C26H25NO3. The summed E-state index contributed by atoms with van der Waals surface area (Å²) in [6, 6.07) is 19.7. The quantitative estimate of drug-likeness (QED) is 0.406. The predicted molar refractivity (Wildman–Crippen MR) is 120 cm³/mol. The molecule has 4 heteroatoms. The molecule has 1 heterocycles. The summed E-state index contributed by atoms with van der Waals surface area (Å²) in [5, 5.41) is 4.99. The number of para-hydroxylation sites is 1. The van der Waals surface area contributed by atoms with Crippen LogP contribution >= 0.6 is 0 Å². The summed E-state index contributed by atoms with van der Waals surface area (Å²) in [7, 11) is 1.61. The van der Waals surface area contributed by atoms with E-state index in [2.05, 4.69) is 17.4 Å². The van der Waals surface area contributed by atoms with Crippen molar-refractivity contribution in [3.63, 3.8) is 0 Å². The molecule has 4 nitrogen and oxygen atoms in total. The molecule has 4 aromatic rings. The van der Waals surface area contributed by atoms with Crippen molar-refractivity contribution < 1.29 is 13.9 Å². The van der Waals surface area contributed by atoms with Crippen LogP contribution < -0.4 is 10.1 Å². The summed E-state index contributed by atoms with van der Waals surface area (Å²) in [5.74, 6) is 1.09. The van der Waals surface area contributed by atoms with Crippen LogP contribution in [-0.4, -0.2) is 13.0 Å². The fourth-order valence-electron chi connectivity index (χ4n) is 4.56. The Labute approximate surface area is 175 Å². The van der Waals surface area contributed by atoms with Gasteiger partial charge in [0, 0.05) is 22.4 Å². The topological polar surface area (TPSA) is 51.5 Å². The third-order valence-corrected chi connectivity index (χ3v) is 6.20. The van der Waals surface area contributed by atoms with Gasteiger partial charge in [0.2, 0.25) is 0 Å². The van der Waals surface area contributed by atoms with Gasteiger partial charge in [-0.15, -0.1) is 0 Å². The predicted octanol–water partition coefficient (Wildman–Crippen LogP) is 6.89. The lowest BCUT2D eigenvalue weighted by Crippen LogP contribution is -2.13. The number of carbonyl (C=O) groups excluding carboxylic acids is 1. The Hall–Kier alpha value is -3.27. The highest BCUT2D eigenvalue weighted by molar-refractivity contribution is 6.10. The van der Waals surface area contributed by atoms with E-state index in [-0.39, 0.29) is 5.91 Å². The fourth-order valence-corrected chi connectivity index (χ4v) is 4.56. The normalized spacial score (nSPS) is 14.8. The molecule has 3 aromatic carbocycles. The fraction of sp³-hybridized carbons (Fsp3) is 0.269. The molecule has 0 saturated heterocycles. The van der Waals surface area contributed by atoms with E-state index in [1.807, 2.05) is 48.5 Å². The minimum absolute atomic E-state index is 0.154. The van der Waals surface area contributed by atoms with Crippen LogP contribution in [0.15, 0.2) is 65.1 Å². The van der Waals surface area contributed by atoms with Gasteiger partial charge in [-0.2, -0.15) is 0 Å². The van der Waals surface area contributed by atoms with Gasteiger partial charge >= 0.3 is 0 Å². The number of rotatable bonds is 4. The third-order valence-electron chi connectivity index (χ3n) is 6.20. The summed E-state index contributed by atoms with van der Waals surface area (Å²) >= 11 is 0. The first-order chi connectivity index (χ1) is 14.7. The molecule has 30 heavy (non-hydrogen) atoms. The summed E-state index contributed by atoms with van der Waals surface area (Å²) in [6.45, 7) is 0. The van der Waals surface area contributed by atoms with Crippen molar-refractivity contribution in [2.24, 2.45) is 0 Å². The molecule has 1 aliphatic carbocycles. The molecule has 0 spiro atoms. The smallest absolute Gasteiger partial charge is 0.255 e. The largest absolute Gasteiger partial charge is 0.495 e. The highest BCUT2D eigenvalue weighted by Crippen LogP contribution is 2.37. The second kappa shape index (κ2) is 7.86. The summed E-state index contributed by atoms with van der Waals surface area (Å²) in [4.78, 5) is 12.9. The van der Waals surface area contributed by atoms with Crippen LogP contribution in [0.1, 0.15) is 53.9 Å². The zero-order chi connectivity index (χ0) is 20.5. The molecule has 1 aliphatic rings. The van der Waals surface area contributed by atoms with Gasteiger partial charge in [0.15, 0.2) is 0 Å². The number of methoxy groups -OCH3 is 1. The molecule has 5 rings (SSSR count). The lowest BCUT2D eigenvalue weighted by molar-refractivity contribution is 0.102. The van der Waals surface area contributed by atoms with Crippen LogP contribution in [0.5, 0.6) is 5.75 Å². The van der Waals surface area contributed by atoms with Gasteiger partial charge < -0.3 is 14.5 Å². The van der Waals surface area contributed by atoms with Crippen LogP contribution in [0.4, 0.5) is 5.69 Å². The number of fused-ring (bicyclic) bond motifs is 3. The van der Waals surface area contributed by atoms with E-state index in [1.54, 1.807) is 7.11 Å². The third kappa shape index (κ3) is 3.43. The van der Waals surface area contributed by atoms with E-state index in [0.29, 0.717) is 22.9 Å². The first-order valence-corrected chi connectivity index (χ1v) is 10.6. The van der Waals surface area contributed by atoms with Crippen LogP contribution in [0.2, 0.25) is 0 Å². The van der Waals surface area contributed by atoms with Crippen molar-refractivity contribution in [1.29, 1.82) is 0 Å². The van der Waals surface area contributed by atoms with Crippen molar-refractivity contribution >= 4 is 33.5 Å². The average Bonchev–Trinajstić information content (AvgIpc) is 3.16. The summed E-state index contributed by atoms with van der Waals surface area (Å²) in [5.41, 5.74) is 4.12. The molecule has 0 unspecified atom stereocenters. The van der Waals surface area contributed by atoms with Crippen molar-refractivity contribution in [3.8, 4) is 5.75 Å². The molecular weight excluding hydrogens is 374 g/mol. The van der Waals surface area contributed by atoms with Crippen LogP contribution in [0.3, 0.4) is 0 Å². The number of hydrogen-bond donors (Lipinski definition) is 1. The van der Waals surface area contributed by atoms with Gasteiger partial charge in [0.25, 0.3) is 5.91 Å². The van der Waals surface area contributed by atoms with Crippen molar-refractivity contribution in [1.82, 2.24) is 0 Å². The van der Waals surface area contributed by atoms with Crippen LogP contribution in [0, 0.1) is 0 Å². The molecule has 1 aromatic heterocycles. The monoisotopic (exact) mass is 399 g/mol. The zero-order valence-electron chi connectivity index (χ0n) is 17.1. The number of carbonyl (C=O) groups is 1. The van der Waals surface area contributed by atoms with E-state index in [4.69, 9.17) is 9.15 Å². The minimum Gasteiger partial charge on any atom is -0.495 e. The highest BCUT2D eigenvalue weighted by Gasteiger charge is 2.17. The number of amides is 1. The minimum atomic E-state index is -0.154. The van der Waals surface area contributed by atoms with E-state index in [9.17, 15) is 4.79 Å². The maximum absolute atomic E-state index is 12.9. The van der Waals surface area contributed by atoms with E-state index in [0.717, 1.165) is 21.9 Å². The SMILES string of the molecule is COc1cc2c(cc1NC(=O)c1ccc(C3CCCCC3)cc1)oc1ccccc12. The molecule has 1 fully saturated rings. The number of nitrogens with one attached hydrogen (secondary N) is 1. The summed E-state index contributed by atoms with van der Waals surface area (Å²) < 4.78 is 11.5. The molecule has 0 aliphatic heterocycles. The molecule has 152 valence electrons. The maximum Gasteiger partial charge on any atom is 0.255 e. The van der Waals surface area contributed by atoms with Gasteiger partial charge in [-0.25, -0.2) is 0 Å². The van der Waals surface area contributed by atoms with E-state index >= 15 is 0 Å². The molecule has 1 amide bonds. The Kier molecular flexibility index (Phi) is 4.91. The number of anilines is 1.